The fraction of sp³-hybridized carbons (Fsp3) is 0.571. The number of ether oxygens (including phenoxy) is 3. The van der Waals surface area contributed by atoms with Crippen molar-refractivity contribution in [3.05, 3.63) is 71.0 Å². The van der Waals surface area contributed by atoms with Crippen molar-refractivity contribution in [3.63, 3.8) is 0 Å². The molecule has 6 aliphatic rings. The Labute approximate surface area is 398 Å². The summed E-state index contributed by atoms with van der Waals surface area (Å²) in [6.07, 6.45) is 5.24. The van der Waals surface area contributed by atoms with Crippen LogP contribution in [0.5, 0.6) is 0 Å². The number of carbonyl (C=O) groups excluding carboxylic acids is 3. The van der Waals surface area contributed by atoms with Crippen LogP contribution in [0.15, 0.2) is 58.3 Å². The number of benzene rings is 2. The molecule has 2 N–H and O–H groups in total. The topological polar surface area (TPSA) is 154 Å². The second-order valence-corrected chi connectivity index (χ2v) is 20.5. The van der Waals surface area contributed by atoms with Crippen LogP contribution >= 0.6 is 23.5 Å². The number of piperidine rings is 1. The lowest BCUT2D eigenvalue weighted by molar-refractivity contribution is 0.0283. The molecule has 356 valence electrons. The van der Waals surface area contributed by atoms with Gasteiger partial charge in [0.05, 0.1) is 49.9 Å². The van der Waals surface area contributed by atoms with Crippen LogP contribution < -0.4 is 5.73 Å². The molecular weight excluding hydrogens is 875 g/mol. The van der Waals surface area contributed by atoms with E-state index in [-0.39, 0.29) is 23.9 Å². The minimum atomic E-state index is -0.534. The highest BCUT2D eigenvalue weighted by atomic mass is 32.2. The van der Waals surface area contributed by atoms with Gasteiger partial charge in [0.1, 0.15) is 5.60 Å². The zero-order chi connectivity index (χ0) is 46.4. The summed E-state index contributed by atoms with van der Waals surface area (Å²) >= 11 is 3.57. The Hall–Kier alpha value is -4.39. The lowest BCUT2D eigenvalue weighted by Crippen LogP contribution is -2.41. The number of nitrogens with zero attached hydrogens (tertiary/aromatic N) is 8. The first-order valence-electron chi connectivity index (χ1n) is 23.8. The van der Waals surface area contributed by atoms with Crippen molar-refractivity contribution in [3.8, 4) is 22.5 Å². The molecule has 0 radical (unpaired) electrons. The molecule has 0 aliphatic carbocycles. The molecule has 2 aromatic carbocycles. The minimum absolute atomic E-state index is 0.00587. The Morgan fingerprint density at radius 1 is 0.697 bits per heavy atom. The van der Waals surface area contributed by atoms with Crippen LogP contribution in [0.25, 0.3) is 22.5 Å². The predicted molar refractivity (Wildman–Crippen MR) is 259 cm³/mol. The quantitative estimate of drug-likeness (QED) is 0.196. The van der Waals surface area contributed by atoms with Crippen molar-refractivity contribution in [1.29, 1.82) is 0 Å². The van der Waals surface area contributed by atoms with Crippen LogP contribution in [0, 0.1) is 0 Å². The third kappa shape index (κ3) is 10.5. The number of likely N-dealkylation sites (tertiary alicyclic amines) is 2. The van der Waals surface area contributed by atoms with Gasteiger partial charge in [0.2, 0.25) is 0 Å². The molecule has 4 fully saturated rings. The van der Waals surface area contributed by atoms with Gasteiger partial charge in [0.15, 0.2) is 11.4 Å². The Kier molecular flexibility index (Phi) is 15.8. The van der Waals surface area contributed by atoms with Crippen LogP contribution in [0.4, 0.5) is 4.79 Å². The Balaban J connectivity index is 0.000000173. The SMILES string of the molecule is CC(C)(C)OC(=O)N1CCC(n2nc(C(=O)N3CCOCC3)c3c2-c2ccccc2SC3)C1.CCCCN1CCCC(n2nc(C(=O)N3CCOCC3)c3c2-c2ccccc2SC3)C1.CN. The molecule has 2 atom stereocenters. The first-order chi connectivity index (χ1) is 32.1. The van der Waals surface area contributed by atoms with E-state index >= 15 is 0 Å². The average Bonchev–Trinajstić information content (AvgIpc) is 4.11. The molecule has 66 heavy (non-hydrogen) atoms. The fourth-order valence-corrected chi connectivity index (χ4v) is 11.7. The molecule has 2 unspecified atom stereocenters. The normalized spacial score (nSPS) is 20.4. The molecular formula is C49H67N9O6S2. The van der Waals surface area contributed by atoms with Gasteiger partial charge in [0.25, 0.3) is 11.8 Å². The Morgan fingerprint density at radius 3 is 1.70 bits per heavy atom. The van der Waals surface area contributed by atoms with Gasteiger partial charge in [-0.05, 0) is 78.7 Å². The van der Waals surface area contributed by atoms with Gasteiger partial charge < -0.3 is 39.5 Å². The molecule has 2 aromatic heterocycles. The summed E-state index contributed by atoms with van der Waals surface area (Å²) in [5.41, 5.74) is 11.8. The monoisotopic (exact) mass is 941 g/mol. The molecule has 0 saturated carbocycles. The van der Waals surface area contributed by atoms with E-state index < -0.39 is 5.60 Å². The fourth-order valence-electron chi connectivity index (χ4n) is 9.61. The number of rotatable bonds is 7. The predicted octanol–water partition coefficient (Wildman–Crippen LogP) is 7.45. The second kappa shape index (κ2) is 21.7. The maximum Gasteiger partial charge on any atom is 0.410 e. The van der Waals surface area contributed by atoms with Gasteiger partial charge in [-0.3, -0.25) is 19.0 Å². The lowest BCUT2D eigenvalue weighted by atomic mass is 10.0. The molecule has 0 spiro atoms. The number of carbonyl (C=O) groups is 3. The van der Waals surface area contributed by atoms with Crippen molar-refractivity contribution in [2.24, 2.45) is 5.73 Å². The standard InChI is InChI=1S/C24H30N4O4S.C24H32N4O2S.CH5N/c1-24(2,3)32-23(30)27-9-8-16(14-27)28-21-17-6-4-5-7-19(17)33-15-18(21)20(25-28)22(29)26-10-12-31-13-11-26;1-2-3-10-26-11-6-7-18(16-26)28-23-19-8-4-5-9-21(19)31-17-20(23)22(25-28)24(29)27-12-14-30-15-13-27;1-2/h4-7,16H,8-15H2,1-3H3;4-5,8-9,18H,2-3,6-7,10-17H2,1H3;2H2,1H3. The van der Waals surface area contributed by atoms with E-state index in [9.17, 15) is 14.4 Å². The number of unbranched alkanes of at least 4 members (excludes halogenated alkanes) is 1. The second-order valence-electron chi connectivity index (χ2n) is 18.4. The summed E-state index contributed by atoms with van der Waals surface area (Å²) in [4.78, 5) is 50.1. The molecule has 6 aliphatic heterocycles. The van der Waals surface area contributed by atoms with Gasteiger partial charge in [0, 0.05) is 89.4 Å². The molecule has 17 heteroatoms. The number of hydrogen-bond donors (Lipinski definition) is 1. The highest BCUT2D eigenvalue weighted by Gasteiger charge is 2.38. The Morgan fingerprint density at radius 2 is 1.20 bits per heavy atom. The highest BCUT2D eigenvalue weighted by Crippen LogP contribution is 2.46. The van der Waals surface area contributed by atoms with E-state index in [1.807, 2.05) is 59.1 Å². The highest BCUT2D eigenvalue weighted by molar-refractivity contribution is 7.99. The molecule has 0 bridgehead atoms. The van der Waals surface area contributed by atoms with E-state index in [1.165, 1.54) is 53.9 Å². The molecule has 4 saturated heterocycles. The number of thioether (sulfide) groups is 2. The third-order valence-electron chi connectivity index (χ3n) is 12.9. The van der Waals surface area contributed by atoms with Gasteiger partial charge in [-0.25, -0.2) is 4.79 Å². The number of aromatic nitrogens is 4. The average molecular weight is 942 g/mol. The zero-order valence-electron chi connectivity index (χ0n) is 39.3. The molecule has 3 amide bonds. The van der Waals surface area contributed by atoms with Crippen molar-refractivity contribution in [1.82, 2.24) is 39.2 Å². The molecule has 15 nitrogen and oxygen atoms in total. The first-order valence-corrected chi connectivity index (χ1v) is 25.7. The maximum absolute atomic E-state index is 13.5. The lowest BCUT2D eigenvalue weighted by Gasteiger charge is -2.34. The summed E-state index contributed by atoms with van der Waals surface area (Å²) in [5, 5.41) is 9.96. The summed E-state index contributed by atoms with van der Waals surface area (Å²) in [7, 11) is 1.50. The van der Waals surface area contributed by atoms with E-state index in [2.05, 4.69) is 58.6 Å². The Bertz CT molecular complexity index is 2330. The number of fused-ring (bicyclic) bond motifs is 6. The van der Waals surface area contributed by atoms with E-state index in [4.69, 9.17) is 24.4 Å². The minimum Gasteiger partial charge on any atom is -0.444 e. The van der Waals surface area contributed by atoms with Crippen LogP contribution in [0.2, 0.25) is 0 Å². The van der Waals surface area contributed by atoms with Gasteiger partial charge in [-0.15, -0.1) is 23.5 Å². The van der Waals surface area contributed by atoms with Crippen LogP contribution in [-0.2, 0) is 25.7 Å². The van der Waals surface area contributed by atoms with E-state index in [1.54, 1.807) is 16.7 Å². The third-order valence-corrected chi connectivity index (χ3v) is 15.1. The van der Waals surface area contributed by atoms with Gasteiger partial charge >= 0.3 is 6.09 Å². The van der Waals surface area contributed by atoms with Crippen molar-refractivity contribution in [2.45, 2.75) is 98.8 Å². The smallest absolute Gasteiger partial charge is 0.410 e. The molecule has 4 aromatic rings. The van der Waals surface area contributed by atoms with Crippen molar-refractivity contribution >= 4 is 41.4 Å². The van der Waals surface area contributed by atoms with E-state index in [0.717, 1.165) is 54.1 Å². The van der Waals surface area contributed by atoms with Crippen molar-refractivity contribution in [2.75, 3.05) is 92.4 Å². The van der Waals surface area contributed by atoms with Crippen molar-refractivity contribution < 1.29 is 28.6 Å². The van der Waals surface area contributed by atoms with Crippen LogP contribution in [0.3, 0.4) is 0 Å². The number of hydrogen-bond acceptors (Lipinski definition) is 12. The van der Waals surface area contributed by atoms with Gasteiger partial charge in [-0.1, -0.05) is 49.7 Å². The van der Waals surface area contributed by atoms with Crippen LogP contribution in [0.1, 0.15) is 104 Å². The maximum atomic E-state index is 13.5. The summed E-state index contributed by atoms with van der Waals surface area (Å²) in [6.45, 7) is 17.2. The summed E-state index contributed by atoms with van der Waals surface area (Å²) in [6, 6.07) is 17.2. The molecule has 10 rings (SSSR count). The number of amides is 3. The largest absolute Gasteiger partial charge is 0.444 e. The van der Waals surface area contributed by atoms with E-state index in [0.29, 0.717) is 88.9 Å². The number of morpholine rings is 2. The zero-order valence-corrected chi connectivity index (χ0v) is 41.0. The summed E-state index contributed by atoms with van der Waals surface area (Å²) < 4.78 is 20.7. The van der Waals surface area contributed by atoms with Gasteiger partial charge in [-0.2, -0.15) is 10.2 Å². The summed E-state index contributed by atoms with van der Waals surface area (Å²) in [5.74, 6) is 1.55. The molecule has 8 heterocycles. The first kappa shape index (κ1) is 48.1. The van der Waals surface area contributed by atoms with Crippen LogP contribution in [-0.4, -0.2) is 155 Å². The number of nitrogens with two attached hydrogens (primary N) is 1.